The molecule has 1 aromatic rings. The van der Waals surface area contributed by atoms with Gasteiger partial charge in [-0.25, -0.2) is 8.42 Å². The molecule has 7 nitrogen and oxygen atoms in total. The summed E-state index contributed by atoms with van der Waals surface area (Å²) in [6.45, 7) is 39.2. The molecule has 0 aliphatic carbocycles. The molecule has 1 N–H and O–H groups in total. The first kappa shape index (κ1) is 45.6. The zero-order valence-electron chi connectivity index (χ0n) is 35.1. The van der Waals surface area contributed by atoms with Gasteiger partial charge in [-0.3, -0.25) is 0 Å². The van der Waals surface area contributed by atoms with Gasteiger partial charge in [0.25, 0.3) is 0 Å². The van der Waals surface area contributed by atoms with Crippen LogP contribution in [-0.4, -0.2) is 71.7 Å². The van der Waals surface area contributed by atoms with Gasteiger partial charge in [-0.1, -0.05) is 101 Å². The molecular weight excluding hydrogens is 681 g/mol. The minimum Gasteiger partial charge on any atom is -0.411 e. The molecule has 0 saturated carbocycles. The highest BCUT2D eigenvalue weighted by molar-refractivity contribution is 7.92. The van der Waals surface area contributed by atoms with Gasteiger partial charge in [0.1, 0.15) is 0 Å². The van der Waals surface area contributed by atoms with Crippen LogP contribution < -0.4 is 0 Å². The number of rotatable bonds is 17. The van der Waals surface area contributed by atoms with Crippen LogP contribution >= 0.6 is 0 Å². The van der Waals surface area contributed by atoms with Gasteiger partial charge in [-0.05, 0) is 105 Å². The van der Waals surface area contributed by atoms with E-state index in [0.29, 0.717) is 19.3 Å². The Bertz CT molecular complexity index is 1300. The maximum Gasteiger partial charge on any atom is 0.192 e. The number of hydrogen-bond acceptors (Lipinski definition) is 7. The molecule has 1 aliphatic rings. The van der Waals surface area contributed by atoms with E-state index in [4.69, 9.17) is 18.3 Å². The maximum absolute atomic E-state index is 14.4. The summed E-state index contributed by atoms with van der Waals surface area (Å²) in [5.41, 5.74) is 0. The Labute approximate surface area is 310 Å². The highest BCUT2D eigenvalue weighted by Crippen LogP contribution is 2.43. The first-order valence-corrected chi connectivity index (χ1v) is 26.5. The van der Waals surface area contributed by atoms with Crippen molar-refractivity contribution in [1.29, 1.82) is 0 Å². The first-order valence-electron chi connectivity index (χ1n) is 19.1. The average Bonchev–Trinajstić information content (AvgIpc) is 3.24. The fraction of sp³-hybridized carbons (Fsp3) is 0.850. The Balaban J connectivity index is 2.50. The van der Waals surface area contributed by atoms with Gasteiger partial charge in [0.15, 0.2) is 32.3 Å². The highest BCUT2D eigenvalue weighted by atomic mass is 32.2. The smallest absolute Gasteiger partial charge is 0.192 e. The van der Waals surface area contributed by atoms with Crippen molar-refractivity contribution in [2.45, 2.75) is 199 Å². The van der Waals surface area contributed by atoms with Crippen molar-refractivity contribution in [1.82, 2.24) is 0 Å². The molecule has 8 atom stereocenters. The van der Waals surface area contributed by atoms with Gasteiger partial charge in [0.05, 0.1) is 40.7 Å². The predicted octanol–water partition coefficient (Wildman–Crippen LogP) is 10.2. The van der Waals surface area contributed by atoms with Gasteiger partial charge < -0.3 is 23.4 Å². The lowest BCUT2D eigenvalue weighted by Crippen LogP contribution is -2.53. The van der Waals surface area contributed by atoms with Crippen LogP contribution in [0.15, 0.2) is 35.2 Å². The van der Waals surface area contributed by atoms with Crippen LogP contribution in [0.25, 0.3) is 0 Å². The molecular formula is C40H76O7SSi2. The van der Waals surface area contributed by atoms with Crippen molar-refractivity contribution in [3.05, 3.63) is 30.3 Å². The first-order chi connectivity index (χ1) is 22.4. The molecule has 0 bridgehead atoms. The normalized spacial score (nSPS) is 23.1. The molecule has 1 aliphatic heterocycles. The summed E-state index contributed by atoms with van der Waals surface area (Å²) in [7, 11) is -8.26. The fourth-order valence-corrected chi connectivity index (χ4v) is 11.7. The lowest BCUT2D eigenvalue weighted by molar-refractivity contribution is -0.150. The molecule has 0 amide bonds. The Hall–Kier alpha value is -0.596. The van der Waals surface area contributed by atoms with E-state index in [1.54, 1.807) is 24.3 Å². The van der Waals surface area contributed by atoms with Crippen LogP contribution in [0.2, 0.25) is 36.3 Å². The van der Waals surface area contributed by atoms with Crippen molar-refractivity contribution in [2.24, 2.45) is 23.7 Å². The largest absolute Gasteiger partial charge is 0.411 e. The Morgan fingerprint density at radius 1 is 0.820 bits per heavy atom. The summed E-state index contributed by atoms with van der Waals surface area (Å²) in [5.74, 6) is -0.759. The van der Waals surface area contributed by atoms with Crippen LogP contribution in [0.3, 0.4) is 0 Å². The van der Waals surface area contributed by atoms with E-state index in [1.165, 1.54) is 0 Å². The zero-order chi connectivity index (χ0) is 38.8. The van der Waals surface area contributed by atoms with Crippen molar-refractivity contribution < 1.29 is 31.9 Å². The van der Waals surface area contributed by atoms with E-state index in [1.807, 2.05) is 26.8 Å². The fourth-order valence-electron chi connectivity index (χ4n) is 6.77. The van der Waals surface area contributed by atoms with E-state index in [0.717, 1.165) is 0 Å². The number of sulfone groups is 1. The maximum atomic E-state index is 14.4. The van der Waals surface area contributed by atoms with Crippen LogP contribution in [0.1, 0.15) is 116 Å². The van der Waals surface area contributed by atoms with Crippen molar-refractivity contribution in [3.63, 3.8) is 0 Å². The summed E-state index contributed by atoms with van der Waals surface area (Å²) >= 11 is 0. The number of aliphatic hydroxyl groups excluding tert-OH is 1. The molecule has 0 spiro atoms. The lowest BCUT2D eigenvalue weighted by atomic mass is 9.86. The number of ether oxygens (including phenoxy) is 2. The molecule has 1 saturated heterocycles. The molecule has 1 heterocycles. The molecule has 1 aromatic carbocycles. The van der Waals surface area contributed by atoms with Crippen molar-refractivity contribution in [2.75, 3.05) is 0 Å². The second kappa shape index (κ2) is 16.8. The van der Waals surface area contributed by atoms with Crippen molar-refractivity contribution in [3.8, 4) is 0 Å². The Kier molecular flexibility index (Phi) is 15.3. The van der Waals surface area contributed by atoms with E-state index >= 15 is 0 Å². The van der Waals surface area contributed by atoms with E-state index in [2.05, 4.69) is 102 Å². The standard InChI is InChI=1S/C40H76O7SSi2/c1-27(2)35-33(44-40(13,14)45-35)26-30(6)37(48(42,43)31-22-20-19-21-23-31)32(41)24-29(5)25-34(46-49(15,16)38(7,8)9)36(28(3)4)47-50(17,18)39(10,11)12/h19-23,27-30,32-37,41H,24-26H2,1-18H3/t29-,30-,32?,33+,34+,35+,36+,37?/m0/s1. The number of aliphatic hydroxyl groups is 1. The topological polar surface area (TPSA) is 91.3 Å². The molecule has 0 radical (unpaired) electrons. The Morgan fingerprint density at radius 3 is 1.78 bits per heavy atom. The van der Waals surface area contributed by atoms with Gasteiger partial charge in [0, 0.05) is 0 Å². The van der Waals surface area contributed by atoms with Crippen LogP contribution in [0, 0.1) is 23.7 Å². The third-order valence-electron chi connectivity index (χ3n) is 11.6. The molecule has 0 aromatic heterocycles. The molecule has 1 fully saturated rings. The number of benzene rings is 1. The van der Waals surface area contributed by atoms with Gasteiger partial charge in [-0.15, -0.1) is 0 Å². The molecule has 2 rings (SSSR count). The summed E-state index contributed by atoms with van der Waals surface area (Å²) in [6, 6.07) is 8.57. The van der Waals surface area contributed by atoms with Crippen molar-refractivity contribution >= 4 is 26.5 Å². The molecule has 2 unspecified atom stereocenters. The summed E-state index contributed by atoms with van der Waals surface area (Å²) < 4.78 is 55.8. The summed E-state index contributed by atoms with van der Waals surface area (Å²) in [6.07, 6.45) is -0.395. The quantitative estimate of drug-likeness (QED) is 0.158. The SMILES string of the molecule is CC(C)[C@H]1OC(C)(C)O[C@@H]1C[C@H](C)C(C(O)C[C@H](C)C[C@@H](O[Si](C)(C)C(C)(C)C)[C@H](O[Si](C)(C)C(C)(C)C)C(C)C)S(=O)(=O)c1ccccc1. The van der Waals surface area contributed by atoms with Crippen LogP contribution in [-0.2, 0) is 28.2 Å². The molecule has 292 valence electrons. The third-order valence-corrected chi connectivity index (χ3v) is 23.0. The van der Waals surface area contributed by atoms with Gasteiger partial charge in [0.2, 0.25) is 0 Å². The number of hydrogen-bond donors (Lipinski definition) is 1. The summed E-state index contributed by atoms with van der Waals surface area (Å²) in [4.78, 5) is 0.231. The Morgan fingerprint density at radius 2 is 1.32 bits per heavy atom. The minimum absolute atomic E-state index is 0.00519. The van der Waals surface area contributed by atoms with Gasteiger partial charge >= 0.3 is 0 Å². The van der Waals surface area contributed by atoms with Crippen LogP contribution in [0.4, 0.5) is 0 Å². The minimum atomic E-state index is -3.89. The van der Waals surface area contributed by atoms with E-state index in [-0.39, 0.29) is 57.1 Å². The molecule has 10 heteroatoms. The monoisotopic (exact) mass is 756 g/mol. The summed E-state index contributed by atoms with van der Waals surface area (Å²) in [5, 5.41) is 11.1. The predicted molar refractivity (Wildman–Crippen MR) is 213 cm³/mol. The third kappa shape index (κ3) is 11.7. The van der Waals surface area contributed by atoms with Crippen LogP contribution in [0.5, 0.6) is 0 Å². The zero-order valence-corrected chi connectivity index (χ0v) is 37.9. The second-order valence-electron chi connectivity index (χ2n) is 19.6. The van der Waals surface area contributed by atoms with E-state index in [9.17, 15) is 13.5 Å². The average molecular weight is 757 g/mol. The molecule has 50 heavy (non-hydrogen) atoms. The second-order valence-corrected chi connectivity index (χ2v) is 31.2. The van der Waals surface area contributed by atoms with Gasteiger partial charge in [-0.2, -0.15) is 0 Å². The highest BCUT2D eigenvalue weighted by Gasteiger charge is 2.48. The van der Waals surface area contributed by atoms with E-state index < -0.39 is 49.5 Å². The lowest BCUT2D eigenvalue weighted by Gasteiger charge is -2.47.